The second-order valence-corrected chi connectivity index (χ2v) is 3.46. The van der Waals surface area contributed by atoms with Crippen molar-refractivity contribution in [2.75, 3.05) is 6.61 Å². The molecule has 1 aromatic carbocycles. The summed E-state index contributed by atoms with van der Waals surface area (Å²) in [6, 6.07) is 3.94. The van der Waals surface area contributed by atoms with Crippen molar-refractivity contribution in [3.05, 3.63) is 35.4 Å². The number of hydrogen-bond acceptors (Lipinski definition) is 1. The molecule has 2 rings (SSSR count). The van der Waals surface area contributed by atoms with E-state index >= 15 is 0 Å². The van der Waals surface area contributed by atoms with E-state index in [1.54, 1.807) is 6.07 Å². The van der Waals surface area contributed by atoms with Gasteiger partial charge in [-0.2, -0.15) is 0 Å². The maximum absolute atomic E-state index is 12.8. The maximum Gasteiger partial charge on any atom is 0.159 e. The Kier molecular flexibility index (Phi) is 2.04. The molecular weight excluding hydrogens is 174 g/mol. The zero-order valence-corrected chi connectivity index (χ0v) is 7.00. The molecule has 0 amide bonds. The Hall–Kier alpha value is -0.960. The molecule has 0 saturated heterocycles. The molecule has 1 nitrogen and oxygen atoms in total. The van der Waals surface area contributed by atoms with Crippen molar-refractivity contribution in [3.63, 3.8) is 0 Å². The third-order valence-corrected chi connectivity index (χ3v) is 2.53. The van der Waals surface area contributed by atoms with Crippen LogP contribution in [0.2, 0.25) is 0 Å². The summed E-state index contributed by atoms with van der Waals surface area (Å²) in [5.41, 5.74) is 0.790. The van der Waals surface area contributed by atoms with Crippen LogP contribution in [0.15, 0.2) is 18.2 Å². The van der Waals surface area contributed by atoms with Crippen molar-refractivity contribution in [1.82, 2.24) is 0 Å². The van der Waals surface area contributed by atoms with Gasteiger partial charge >= 0.3 is 0 Å². The van der Waals surface area contributed by atoms with Crippen LogP contribution in [-0.2, 0) is 0 Å². The third kappa shape index (κ3) is 1.56. The van der Waals surface area contributed by atoms with E-state index in [9.17, 15) is 8.78 Å². The van der Waals surface area contributed by atoms with Gasteiger partial charge in [-0.3, -0.25) is 0 Å². The fourth-order valence-corrected chi connectivity index (χ4v) is 1.60. The SMILES string of the molecule is OCC1C[C@H]1c1ccc(F)c(F)c1. The summed E-state index contributed by atoms with van der Waals surface area (Å²) in [5, 5.41) is 8.79. The molecule has 0 heterocycles. The van der Waals surface area contributed by atoms with E-state index in [-0.39, 0.29) is 18.4 Å². The molecule has 2 atom stereocenters. The highest BCUT2D eigenvalue weighted by Gasteiger charge is 2.37. The average molecular weight is 184 g/mol. The Balaban J connectivity index is 2.19. The normalized spacial score (nSPS) is 26.1. The van der Waals surface area contributed by atoms with Gasteiger partial charge in [-0.05, 0) is 36.0 Å². The number of halogens is 2. The van der Waals surface area contributed by atoms with E-state index < -0.39 is 11.6 Å². The molecule has 70 valence electrons. The molecular formula is C10H10F2O. The molecule has 1 saturated carbocycles. The molecule has 0 radical (unpaired) electrons. The molecule has 0 bridgehead atoms. The summed E-state index contributed by atoms with van der Waals surface area (Å²) in [6.07, 6.45) is 0.877. The lowest BCUT2D eigenvalue weighted by Gasteiger charge is -1.99. The fraction of sp³-hybridized carbons (Fsp3) is 0.400. The van der Waals surface area contributed by atoms with Crippen LogP contribution in [0.1, 0.15) is 17.9 Å². The molecule has 1 aliphatic carbocycles. The van der Waals surface area contributed by atoms with E-state index in [0.717, 1.165) is 18.1 Å². The van der Waals surface area contributed by atoms with Crippen LogP contribution in [0.4, 0.5) is 8.78 Å². The van der Waals surface area contributed by atoms with Crippen molar-refractivity contribution in [1.29, 1.82) is 0 Å². The van der Waals surface area contributed by atoms with Crippen LogP contribution in [0.5, 0.6) is 0 Å². The predicted octanol–water partition coefficient (Wildman–Crippen LogP) is 2.06. The number of aliphatic hydroxyl groups is 1. The Bertz CT molecular complexity index is 325. The third-order valence-electron chi connectivity index (χ3n) is 2.53. The summed E-state index contributed by atoms with van der Waals surface area (Å²) >= 11 is 0. The first-order valence-electron chi connectivity index (χ1n) is 4.28. The van der Waals surface area contributed by atoms with Crippen molar-refractivity contribution in [2.45, 2.75) is 12.3 Å². The molecule has 0 aliphatic heterocycles. The van der Waals surface area contributed by atoms with Crippen molar-refractivity contribution >= 4 is 0 Å². The largest absolute Gasteiger partial charge is 0.396 e. The molecule has 13 heavy (non-hydrogen) atoms. The quantitative estimate of drug-likeness (QED) is 0.745. The van der Waals surface area contributed by atoms with E-state index in [4.69, 9.17) is 5.11 Å². The highest BCUT2D eigenvalue weighted by molar-refractivity contribution is 5.27. The standard InChI is InChI=1S/C10H10F2O/c11-9-2-1-6(4-10(9)12)8-3-7(8)5-13/h1-2,4,7-8,13H,3,5H2/t7?,8-/m0/s1. The lowest BCUT2D eigenvalue weighted by Crippen LogP contribution is -1.91. The molecule has 0 aromatic heterocycles. The van der Waals surface area contributed by atoms with Crippen molar-refractivity contribution < 1.29 is 13.9 Å². The lowest BCUT2D eigenvalue weighted by atomic mass is 10.1. The number of aliphatic hydroxyl groups excluding tert-OH is 1. The molecule has 1 N–H and O–H groups in total. The van der Waals surface area contributed by atoms with Crippen LogP contribution in [0.3, 0.4) is 0 Å². The lowest BCUT2D eigenvalue weighted by molar-refractivity contribution is 0.274. The Labute approximate surface area is 75.0 Å². The Morgan fingerprint density at radius 2 is 2.08 bits per heavy atom. The summed E-state index contributed by atoms with van der Waals surface area (Å²) in [7, 11) is 0. The molecule has 3 heteroatoms. The van der Waals surface area contributed by atoms with Gasteiger partial charge in [0.1, 0.15) is 0 Å². The van der Waals surface area contributed by atoms with Crippen LogP contribution in [0.25, 0.3) is 0 Å². The highest BCUT2D eigenvalue weighted by Crippen LogP contribution is 2.47. The molecule has 1 aliphatic rings. The summed E-state index contributed by atoms with van der Waals surface area (Å²) < 4.78 is 25.3. The van der Waals surface area contributed by atoms with Crippen LogP contribution >= 0.6 is 0 Å². The minimum absolute atomic E-state index is 0.129. The van der Waals surface area contributed by atoms with Gasteiger partial charge in [-0.1, -0.05) is 6.07 Å². The van der Waals surface area contributed by atoms with Gasteiger partial charge in [-0.25, -0.2) is 8.78 Å². The first-order chi connectivity index (χ1) is 6.22. The minimum atomic E-state index is -0.815. The van der Waals surface area contributed by atoms with Crippen LogP contribution in [0, 0.1) is 17.6 Å². The van der Waals surface area contributed by atoms with E-state index in [2.05, 4.69) is 0 Å². The summed E-state index contributed by atoms with van der Waals surface area (Å²) in [4.78, 5) is 0. The Morgan fingerprint density at radius 3 is 2.62 bits per heavy atom. The van der Waals surface area contributed by atoms with Gasteiger partial charge in [0.15, 0.2) is 11.6 Å². The van der Waals surface area contributed by atoms with Crippen molar-refractivity contribution in [3.8, 4) is 0 Å². The van der Waals surface area contributed by atoms with Gasteiger partial charge in [0.05, 0.1) is 0 Å². The molecule has 1 fully saturated rings. The molecule has 0 spiro atoms. The van der Waals surface area contributed by atoms with E-state index in [0.29, 0.717) is 0 Å². The first kappa shape index (κ1) is 8.63. The van der Waals surface area contributed by atoms with Gasteiger partial charge < -0.3 is 5.11 Å². The smallest absolute Gasteiger partial charge is 0.159 e. The van der Waals surface area contributed by atoms with Gasteiger partial charge in [0, 0.05) is 6.61 Å². The minimum Gasteiger partial charge on any atom is -0.396 e. The maximum atomic E-state index is 12.8. The van der Waals surface area contributed by atoms with Gasteiger partial charge in [0.25, 0.3) is 0 Å². The Morgan fingerprint density at radius 1 is 1.31 bits per heavy atom. The van der Waals surface area contributed by atoms with Crippen LogP contribution < -0.4 is 0 Å². The summed E-state index contributed by atoms with van der Waals surface area (Å²) in [6.45, 7) is 0.129. The highest BCUT2D eigenvalue weighted by atomic mass is 19.2. The zero-order chi connectivity index (χ0) is 9.42. The second kappa shape index (κ2) is 3.07. The van der Waals surface area contributed by atoms with Gasteiger partial charge in [0.2, 0.25) is 0 Å². The van der Waals surface area contributed by atoms with E-state index in [1.165, 1.54) is 6.07 Å². The first-order valence-corrected chi connectivity index (χ1v) is 4.28. The summed E-state index contributed by atoms with van der Waals surface area (Å²) in [5.74, 6) is -1.16. The van der Waals surface area contributed by atoms with Gasteiger partial charge in [-0.15, -0.1) is 0 Å². The monoisotopic (exact) mass is 184 g/mol. The number of hydrogen-bond donors (Lipinski definition) is 1. The van der Waals surface area contributed by atoms with E-state index in [1.807, 2.05) is 0 Å². The molecule has 1 aromatic rings. The molecule has 1 unspecified atom stereocenters. The van der Waals surface area contributed by atoms with Crippen molar-refractivity contribution in [2.24, 2.45) is 5.92 Å². The average Bonchev–Trinajstić information content (AvgIpc) is 2.88. The number of rotatable bonds is 2. The zero-order valence-electron chi connectivity index (χ0n) is 7.00. The second-order valence-electron chi connectivity index (χ2n) is 3.46. The predicted molar refractivity (Wildman–Crippen MR) is 44.3 cm³/mol. The fourth-order valence-electron chi connectivity index (χ4n) is 1.60. The number of benzene rings is 1. The van der Waals surface area contributed by atoms with Crippen LogP contribution in [-0.4, -0.2) is 11.7 Å². The topological polar surface area (TPSA) is 20.2 Å².